The lowest BCUT2D eigenvalue weighted by Gasteiger charge is -2.17. The fourth-order valence-electron chi connectivity index (χ4n) is 4.03. The van der Waals surface area contributed by atoms with Crippen LogP contribution in [0.25, 0.3) is 11.8 Å². The number of amides is 1. The molecule has 3 aromatic rings. The molecule has 0 radical (unpaired) electrons. The smallest absolute Gasteiger partial charge is 0.318 e. The lowest BCUT2D eigenvalue weighted by molar-refractivity contribution is -0.137. The SMILES string of the molecule is Cc1ccc(N2C(=O)/C(=C\c3cc(C)n(-c4cccc(C(F)(F)F)c4)c3C)SC2=S)c(C)c1. The van der Waals surface area contributed by atoms with Crippen molar-refractivity contribution in [3.05, 3.63) is 87.1 Å². The molecular formula is C25H21F3N2OS2. The number of benzene rings is 2. The fraction of sp³-hybridized carbons (Fsp3) is 0.200. The summed E-state index contributed by atoms with van der Waals surface area (Å²) in [5, 5.41) is 0. The minimum absolute atomic E-state index is 0.208. The molecule has 8 heteroatoms. The third-order valence-electron chi connectivity index (χ3n) is 5.58. The van der Waals surface area contributed by atoms with E-state index in [0.29, 0.717) is 14.9 Å². The van der Waals surface area contributed by atoms with E-state index in [-0.39, 0.29) is 5.91 Å². The van der Waals surface area contributed by atoms with Gasteiger partial charge in [0, 0.05) is 17.1 Å². The summed E-state index contributed by atoms with van der Waals surface area (Å²) in [4.78, 5) is 15.2. The Morgan fingerprint density at radius 2 is 1.73 bits per heavy atom. The van der Waals surface area contributed by atoms with Crippen molar-refractivity contribution in [3.63, 3.8) is 0 Å². The van der Waals surface area contributed by atoms with Crippen molar-refractivity contribution in [2.45, 2.75) is 33.9 Å². The van der Waals surface area contributed by atoms with Crippen LogP contribution in [0.5, 0.6) is 0 Å². The van der Waals surface area contributed by atoms with Crippen LogP contribution in [0.1, 0.15) is 33.6 Å². The molecule has 1 saturated heterocycles. The summed E-state index contributed by atoms with van der Waals surface area (Å²) >= 11 is 6.71. The van der Waals surface area contributed by atoms with Crippen molar-refractivity contribution < 1.29 is 18.0 Å². The predicted molar refractivity (Wildman–Crippen MR) is 132 cm³/mol. The summed E-state index contributed by atoms with van der Waals surface area (Å²) in [7, 11) is 0. The molecule has 0 bridgehead atoms. The number of aromatic nitrogens is 1. The number of anilines is 1. The Kier molecular flexibility index (Phi) is 6.01. The van der Waals surface area contributed by atoms with Gasteiger partial charge in [0.25, 0.3) is 5.91 Å². The molecule has 0 aliphatic carbocycles. The monoisotopic (exact) mass is 486 g/mol. The van der Waals surface area contributed by atoms with Gasteiger partial charge >= 0.3 is 6.18 Å². The number of halogens is 3. The van der Waals surface area contributed by atoms with Crippen molar-refractivity contribution in [1.82, 2.24) is 4.57 Å². The summed E-state index contributed by atoms with van der Waals surface area (Å²) in [5.74, 6) is -0.208. The molecule has 1 amide bonds. The number of nitrogens with zero attached hydrogens (tertiary/aromatic N) is 2. The van der Waals surface area contributed by atoms with E-state index < -0.39 is 11.7 Å². The number of aryl methyl sites for hydroxylation is 3. The third kappa shape index (κ3) is 4.37. The number of alkyl halides is 3. The van der Waals surface area contributed by atoms with Gasteiger partial charge in [0.15, 0.2) is 4.32 Å². The molecule has 1 aromatic heterocycles. The maximum absolute atomic E-state index is 13.2. The molecule has 1 aliphatic rings. The van der Waals surface area contributed by atoms with Gasteiger partial charge in [-0.05, 0) is 75.2 Å². The first-order valence-electron chi connectivity index (χ1n) is 10.2. The summed E-state index contributed by atoms with van der Waals surface area (Å²) in [6.07, 6.45) is -2.66. The van der Waals surface area contributed by atoms with E-state index in [1.54, 1.807) is 16.7 Å². The molecule has 0 saturated carbocycles. The zero-order valence-electron chi connectivity index (χ0n) is 18.4. The normalized spacial score (nSPS) is 15.7. The third-order valence-corrected chi connectivity index (χ3v) is 6.88. The van der Waals surface area contributed by atoms with Crippen LogP contribution >= 0.6 is 24.0 Å². The molecule has 2 aromatic carbocycles. The van der Waals surface area contributed by atoms with Crippen LogP contribution < -0.4 is 4.90 Å². The Morgan fingerprint density at radius 1 is 1.00 bits per heavy atom. The average Bonchev–Trinajstić information content (AvgIpc) is 3.16. The largest absolute Gasteiger partial charge is 0.416 e. The maximum atomic E-state index is 13.2. The number of carbonyl (C=O) groups excluding carboxylic acids is 1. The van der Waals surface area contributed by atoms with Crippen LogP contribution in [0.4, 0.5) is 18.9 Å². The van der Waals surface area contributed by atoms with Crippen LogP contribution in [-0.2, 0) is 11.0 Å². The van der Waals surface area contributed by atoms with E-state index in [1.165, 1.54) is 22.7 Å². The molecule has 0 N–H and O–H groups in total. The molecule has 4 rings (SSSR count). The number of thiocarbonyl (C=S) groups is 1. The number of carbonyl (C=O) groups is 1. The molecule has 1 fully saturated rings. The lowest BCUT2D eigenvalue weighted by Crippen LogP contribution is -2.28. The first-order valence-corrected chi connectivity index (χ1v) is 11.4. The van der Waals surface area contributed by atoms with Gasteiger partial charge in [-0.2, -0.15) is 13.2 Å². The molecule has 0 atom stereocenters. The molecular weight excluding hydrogens is 465 g/mol. The Hall–Kier alpha value is -2.84. The highest BCUT2D eigenvalue weighted by molar-refractivity contribution is 8.27. The fourth-order valence-corrected chi connectivity index (χ4v) is 5.30. The molecule has 33 heavy (non-hydrogen) atoms. The van der Waals surface area contributed by atoms with E-state index in [1.807, 2.05) is 52.0 Å². The molecule has 1 aliphatic heterocycles. The quantitative estimate of drug-likeness (QED) is 0.291. The summed E-state index contributed by atoms with van der Waals surface area (Å²) in [6.45, 7) is 7.57. The lowest BCUT2D eigenvalue weighted by atomic mass is 10.1. The topological polar surface area (TPSA) is 25.2 Å². The Balaban J connectivity index is 1.71. The molecule has 170 valence electrons. The molecule has 3 nitrogen and oxygen atoms in total. The van der Waals surface area contributed by atoms with E-state index in [9.17, 15) is 18.0 Å². The zero-order valence-corrected chi connectivity index (χ0v) is 20.1. The van der Waals surface area contributed by atoms with Gasteiger partial charge in [-0.1, -0.05) is 47.7 Å². The van der Waals surface area contributed by atoms with Gasteiger partial charge in [-0.3, -0.25) is 9.69 Å². The van der Waals surface area contributed by atoms with Crippen LogP contribution in [-0.4, -0.2) is 14.8 Å². The first-order chi connectivity index (χ1) is 15.5. The van der Waals surface area contributed by atoms with Gasteiger partial charge < -0.3 is 4.57 Å². The Labute approximate surface area is 199 Å². The van der Waals surface area contributed by atoms with Crippen molar-refractivity contribution in [3.8, 4) is 5.69 Å². The van der Waals surface area contributed by atoms with Crippen LogP contribution in [0.2, 0.25) is 0 Å². The van der Waals surface area contributed by atoms with E-state index in [2.05, 4.69) is 0 Å². The maximum Gasteiger partial charge on any atom is 0.416 e. The minimum atomic E-state index is -4.42. The number of rotatable bonds is 3. The Morgan fingerprint density at radius 3 is 2.39 bits per heavy atom. The minimum Gasteiger partial charge on any atom is -0.318 e. The summed E-state index contributed by atoms with van der Waals surface area (Å²) in [6, 6.07) is 12.9. The van der Waals surface area contributed by atoms with E-state index >= 15 is 0 Å². The van der Waals surface area contributed by atoms with E-state index in [0.717, 1.165) is 45.9 Å². The zero-order chi connectivity index (χ0) is 24.1. The van der Waals surface area contributed by atoms with Gasteiger partial charge in [-0.25, -0.2) is 0 Å². The highest BCUT2D eigenvalue weighted by atomic mass is 32.2. The molecule has 0 unspecified atom stereocenters. The average molecular weight is 487 g/mol. The number of hydrogen-bond acceptors (Lipinski definition) is 3. The van der Waals surface area contributed by atoms with Gasteiger partial charge in [-0.15, -0.1) is 0 Å². The summed E-state index contributed by atoms with van der Waals surface area (Å²) < 4.78 is 41.8. The van der Waals surface area contributed by atoms with Crippen molar-refractivity contribution in [2.24, 2.45) is 0 Å². The van der Waals surface area contributed by atoms with Crippen LogP contribution in [0.15, 0.2) is 53.4 Å². The highest BCUT2D eigenvalue weighted by Gasteiger charge is 2.34. The second kappa shape index (κ2) is 8.50. The summed E-state index contributed by atoms with van der Waals surface area (Å²) in [5.41, 5.74) is 4.78. The van der Waals surface area contributed by atoms with Crippen LogP contribution in [0, 0.1) is 27.7 Å². The van der Waals surface area contributed by atoms with Crippen molar-refractivity contribution in [2.75, 3.05) is 4.90 Å². The first kappa shape index (κ1) is 23.3. The van der Waals surface area contributed by atoms with Gasteiger partial charge in [0.1, 0.15) is 0 Å². The number of hydrogen-bond donors (Lipinski definition) is 0. The molecule has 2 heterocycles. The van der Waals surface area contributed by atoms with Gasteiger partial charge in [0.05, 0.1) is 16.2 Å². The van der Waals surface area contributed by atoms with Crippen LogP contribution in [0.3, 0.4) is 0 Å². The van der Waals surface area contributed by atoms with Gasteiger partial charge in [0.2, 0.25) is 0 Å². The van der Waals surface area contributed by atoms with Crippen molar-refractivity contribution >= 4 is 46.0 Å². The van der Waals surface area contributed by atoms with Crippen molar-refractivity contribution in [1.29, 1.82) is 0 Å². The Bertz CT molecular complexity index is 1320. The van der Waals surface area contributed by atoms with E-state index in [4.69, 9.17) is 12.2 Å². The number of thioether (sulfide) groups is 1. The predicted octanol–water partition coefficient (Wildman–Crippen LogP) is 7.14. The molecule has 0 spiro atoms. The highest BCUT2D eigenvalue weighted by Crippen LogP contribution is 2.38. The second-order valence-corrected chi connectivity index (χ2v) is 9.69. The standard InChI is InChI=1S/C25H21F3N2OS2/c1-14-8-9-21(15(2)10-14)30-23(31)22(33-24(30)32)12-18-11-16(3)29(17(18)4)20-7-5-6-19(13-20)25(26,27)28/h5-13H,1-4H3/b22-12+. The second-order valence-electron chi connectivity index (χ2n) is 8.02.